The van der Waals surface area contributed by atoms with Gasteiger partial charge in [0, 0.05) is 18.0 Å². The van der Waals surface area contributed by atoms with Gasteiger partial charge < -0.3 is 4.57 Å². The highest BCUT2D eigenvalue weighted by Gasteiger charge is 2.03. The Labute approximate surface area is 91.9 Å². The zero-order chi connectivity index (χ0) is 11.7. The summed E-state index contributed by atoms with van der Waals surface area (Å²) in [6, 6.07) is 7.00. The first-order valence-corrected chi connectivity index (χ1v) is 4.82. The van der Waals surface area contributed by atoms with Crippen molar-refractivity contribution in [1.29, 1.82) is 0 Å². The molecule has 0 radical (unpaired) electrons. The molecule has 0 spiro atoms. The number of rotatable bonds is 1. The van der Waals surface area contributed by atoms with Crippen LogP contribution >= 0.6 is 0 Å². The third kappa shape index (κ3) is 1.55. The first kappa shape index (κ1) is 10.3. The molecule has 0 aliphatic carbocycles. The Kier molecular flexibility index (Phi) is 2.43. The van der Waals surface area contributed by atoms with Crippen molar-refractivity contribution < 1.29 is 4.79 Å². The summed E-state index contributed by atoms with van der Waals surface area (Å²) >= 11 is 0. The molecule has 2 rings (SSSR count). The zero-order valence-electron chi connectivity index (χ0n) is 9.02. The van der Waals surface area contributed by atoms with E-state index in [0.717, 1.165) is 10.9 Å². The van der Waals surface area contributed by atoms with Crippen LogP contribution in [0.5, 0.6) is 0 Å². The van der Waals surface area contributed by atoms with Crippen LogP contribution in [0, 0.1) is 6.92 Å². The van der Waals surface area contributed by atoms with E-state index in [2.05, 4.69) is 4.99 Å². The zero-order valence-corrected chi connectivity index (χ0v) is 9.02. The van der Waals surface area contributed by atoms with Crippen LogP contribution < -0.4 is 5.56 Å². The average molecular weight is 214 g/mol. The van der Waals surface area contributed by atoms with Crippen LogP contribution in [0.25, 0.3) is 10.9 Å². The van der Waals surface area contributed by atoms with Crippen LogP contribution in [0.4, 0.5) is 5.69 Å². The van der Waals surface area contributed by atoms with Crippen LogP contribution in [0.15, 0.2) is 34.1 Å². The number of aliphatic imine (C=N–C) groups is 1. The van der Waals surface area contributed by atoms with Crippen molar-refractivity contribution in [2.75, 3.05) is 0 Å². The number of benzene rings is 1. The van der Waals surface area contributed by atoms with Gasteiger partial charge in [0.1, 0.15) is 0 Å². The Bertz CT molecular complexity index is 665. The van der Waals surface area contributed by atoms with Gasteiger partial charge in [0.15, 0.2) is 0 Å². The van der Waals surface area contributed by atoms with Crippen molar-refractivity contribution in [3.8, 4) is 0 Å². The summed E-state index contributed by atoms with van der Waals surface area (Å²) in [5.74, 6) is 0. The molecule has 0 fully saturated rings. The summed E-state index contributed by atoms with van der Waals surface area (Å²) in [4.78, 5) is 25.4. The van der Waals surface area contributed by atoms with Gasteiger partial charge in [-0.1, -0.05) is 0 Å². The molecule has 0 saturated carbocycles. The van der Waals surface area contributed by atoms with E-state index >= 15 is 0 Å². The molecule has 0 N–H and O–H groups in total. The van der Waals surface area contributed by atoms with Crippen molar-refractivity contribution in [2.45, 2.75) is 6.92 Å². The third-order valence-electron chi connectivity index (χ3n) is 2.56. The fraction of sp³-hybridized carbons (Fsp3) is 0.167. The van der Waals surface area contributed by atoms with E-state index in [4.69, 9.17) is 0 Å². The van der Waals surface area contributed by atoms with Crippen LogP contribution in [-0.4, -0.2) is 10.6 Å². The van der Waals surface area contributed by atoms with Gasteiger partial charge in [0.05, 0.1) is 11.2 Å². The Morgan fingerprint density at radius 3 is 2.75 bits per heavy atom. The molecule has 0 aliphatic heterocycles. The summed E-state index contributed by atoms with van der Waals surface area (Å²) in [6.07, 6.45) is 1.50. The van der Waals surface area contributed by atoms with Gasteiger partial charge in [-0.2, -0.15) is 4.99 Å². The van der Waals surface area contributed by atoms with E-state index in [1.54, 1.807) is 42.8 Å². The lowest BCUT2D eigenvalue weighted by molar-refractivity contribution is 0.565. The van der Waals surface area contributed by atoms with Gasteiger partial charge in [0.2, 0.25) is 6.08 Å². The van der Waals surface area contributed by atoms with Gasteiger partial charge in [-0.05, 0) is 31.2 Å². The first-order valence-electron chi connectivity index (χ1n) is 4.82. The Balaban J connectivity index is 2.86. The minimum absolute atomic E-state index is 0.0147. The Morgan fingerprint density at radius 2 is 2.06 bits per heavy atom. The van der Waals surface area contributed by atoms with Crippen LogP contribution in [0.3, 0.4) is 0 Å². The number of pyridine rings is 1. The van der Waals surface area contributed by atoms with Crippen molar-refractivity contribution in [3.63, 3.8) is 0 Å². The number of nitrogens with zero attached hydrogens (tertiary/aromatic N) is 2. The highest BCUT2D eigenvalue weighted by atomic mass is 16.1. The number of carbonyl (C=O) groups excluding carboxylic acids is 1. The van der Waals surface area contributed by atoms with Gasteiger partial charge in [-0.15, -0.1) is 0 Å². The standard InChI is InChI=1S/C12H10N2O2/c1-8-5-9-6-10(13-7-15)3-4-11(9)14(2)12(8)16/h3-6H,1-2H3. The fourth-order valence-corrected chi connectivity index (χ4v) is 1.75. The Morgan fingerprint density at radius 1 is 1.31 bits per heavy atom. The lowest BCUT2D eigenvalue weighted by Gasteiger charge is -2.06. The van der Waals surface area contributed by atoms with E-state index in [1.165, 1.54) is 6.08 Å². The maximum atomic E-state index is 11.7. The molecule has 4 nitrogen and oxygen atoms in total. The maximum Gasteiger partial charge on any atom is 0.253 e. The van der Waals surface area contributed by atoms with Crippen molar-refractivity contribution >= 4 is 22.7 Å². The quantitative estimate of drug-likeness (QED) is 0.537. The summed E-state index contributed by atoms with van der Waals surface area (Å²) in [6.45, 7) is 1.76. The SMILES string of the molecule is Cc1cc2cc(N=C=O)ccc2n(C)c1=O. The van der Waals surface area contributed by atoms with Crippen molar-refractivity contribution in [3.05, 3.63) is 40.2 Å². The molecule has 0 atom stereocenters. The molecule has 0 aliphatic rings. The second-order valence-corrected chi connectivity index (χ2v) is 3.64. The lowest BCUT2D eigenvalue weighted by Crippen LogP contribution is -2.18. The highest BCUT2D eigenvalue weighted by molar-refractivity contribution is 5.83. The topological polar surface area (TPSA) is 51.4 Å². The molecule has 0 bridgehead atoms. The molecule has 1 heterocycles. The number of fused-ring (bicyclic) bond motifs is 1. The largest absolute Gasteiger partial charge is 0.311 e. The summed E-state index contributed by atoms with van der Waals surface area (Å²) in [5.41, 5.74) is 2.02. The van der Waals surface area contributed by atoms with E-state index in [9.17, 15) is 9.59 Å². The Hall–Kier alpha value is -2.19. The smallest absolute Gasteiger partial charge is 0.253 e. The number of isocyanates is 1. The van der Waals surface area contributed by atoms with Crippen LogP contribution in [0.1, 0.15) is 5.56 Å². The van der Waals surface area contributed by atoms with Crippen molar-refractivity contribution in [1.82, 2.24) is 4.57 Å². The first-order chi connectivity index (χ1) is 7.63. The maximum absolute atomic E-state index is 11.7. The van der Waals surface area contributed by atoms with E-state index in [1.807, 2.05) is 0 Å². The van der Waals surface area contributed by atoms with Gasteiger partial charge in [-0.3, -0.25) is 4.79 Å². The average Bonchev–Trinajstić information content (AvgIpc) is 2.26. The lowest BCUT2D eigenvalue weighted by atomic mass is 10.1. The monoisotopic (exact) mass is 214 g/mol. The minimum Gasteiger partial charge on any atom is -0.311 e. The molecule has 2 aromatic rings. The number of hydrogen-bond acceptors (Lipinski definition) is 3. The summed E-state index contributed by atoms with van der Waals surface area (Å²) in [5, 5.41) is 0.885. The second-order valence-electron chi connectivity index (χ2n) is 3.64. The molecule has 0 amide bonds. The molecule has 0 saturated heterocycles. The molecule has 1 aromatic carbocycles. The second kappa shape index (κ2) is 3.76. The van der Waals surface area contributed by atoms with E-state index in [-0.39, 0.29) is 5.56 Å². The molecule has 16 heavy (non-hydrogen) atoms. The predicted octanol–water partition coefficient (Wildman–Crippen LogP) is 1.81. The number of aryl methyl sites for hydroxylation is 2. The van der Waals surface area contributed by atoms with Gasteiger partial charge >= 0.3 is 0 Å². The molecular weight excluding hydrogens is 204 g/mol. The summed E-state index contributed by atoms with van der Waals surface area (Å²) in [7, 11) is 1.72. The van der Waals surface area contributed by atoms with E-state index in [0.29, 0.717) is 11.3 Å². The van der Waals surface area contributed by atoms with Gasteiger partial charge in [-0.25, -0.2) is 4.79 Å². The number of hydrogen-bond donors (Lipinski definition) is 0. The van der Waals surface area contributed by atoms with Crippen LogP contribution in [-0.2, 0) is 11.8 Å². The van der Waals surface area contributed by atoms with E-state index < -0.39 is 0 Å². The van der Waals surface area contributed by atoms with Crippen molar-refractivity contribution in [2.24, 2.45) is 12.0 Å². The molecule has 80 valence electrons. The predicted molar refractivity (Wildman–Crippen MR) is 61.7 cm³/mol. The third-order valence-corrected chi connectivity index (χ3v) is 2.56. The molecule has 1 aromatic heterocycles. The van der Waals surface area contributed by atoms with Crippen LogP contribution in [0.2, 0.25) is 0 Å². The normalized spacial score (nSPS) is 10.1. The molecule has 0 unspecified atom stereocenters. The van der Waals surface area contributed by atoms with Gasteiger partial charge in [0.25, 0.3) is 5.56 Å². The highest BCUT2D eigenvalue weighted by Crippen LogP contribution is 2.20. The minimum atomic E-state index is -0.0147. The number of aromatic nitrogens is 1. The summed E-state index contributed by atoms with van der Waals surface area (Å²) < 4.78 is 1.58. The fourth-order valence-electron chi connectivity index (χ4n) is 1.75. The molecular formula is C12H10N2O2. The molecule has 4 heteroatoms.